The molecule has 0 radical (unpaired) electrons. The van der Waals surface area contributed by atoms with Gasteiger partial charge in [-0.15, -0.1) is 21.5 Å². The lowest BCUT2D eigenvalue weighted by molar-refractivity contribution is 0.355. The number of benzene rings is 1. The van der Waals surface area contributed by atoms with Crippen LogP contribution in [0.25, 0.3) is 10.6 Å². The topological polar surface area (TPSA) is 88.1 Å². The van der Waals surface area contributed by atoms with Crippen LogP contribution in [0.5, 0.6) is 11.5 Å². The van der Waals surface area contributed by atoms with E-state index in [1.807, 2.05) is 22.8 Å². The van der Waals surface area contributed by atoms with Crippen LogP contribution in [-0.2, 0) is 5.75 Å². The van der Waals surface area contributed by atoms with Crippen LogP contribution in [0.2, 0.25) is 0 Å². The van der Waals surface area contributed by atoms with E-state index in [2.05, 4.69) is 15.6 Å². The third kappa shape index (κ3) is 3.36. The fourth-order valence-corrected chi connectivity index (χ4v) is 4.50. The van der Waals surface area contributed by atoms with E-state index in [0.29, 0.717) is 23.5 Å². The number of methoxy groups -OCH3 is 2. The van der Waals surface area contributed by atoms with E-state index in [4.69, 9.17) is 20.2 Å². The van der Waals surface area contributed by atoms with E-state index in [9.17, 15) is 0 Å². The maximum atomic E-state index is 5.92. The third-order valence-electron chi connectivity index (χ3n) is 4.13. The second-order valence-corrected chi connectivity index (χ2v) is 7.74. The van der Waals surface area contributed by atoms with Gasteiger partial charge in [-0.05, 0) is 31.0 Å². The van der Waals surface area contributed by atoms with Gasteiger partial charge in [-0.2, -0.15) is 0 Å². The first-order valence-electron chi connectivity index (χ1n) is 8.19. The predicted octanol–water partition coefficient (Wildman–Crippen LogP) is 3.63. The number of thioether (sulfide) groups is 1. The molecule has 9 heteroatoms. The molecule has 0 aliphatic heterocycles. The fourth-order valence-electron chi connectivity index (χ4n) is 2.68. The van der Waals surface area contributed by atoms with E-state index in [0.717, 1.165) is 40.0 Å². The highest BCUT2D eigenvalue weighted by molar-refractivity contribution is 7.98. The quantitative estimate of drug-likeness (QED) is 0.617. The second kappa shape index (κ2) is 7.16. The van der Waals surface area contributed by atoms with Crippen molar-refractivity contribution in [1.29, 1.82) is 0 Å². The Balaban J connectivity index is 1.48. The Kier molecular flexibility index (Phi) is 4.73. The standard InChI is InChI=1S/C17H19N5O2S2/c1-23-13-6-3-10(7-14(13)24-2)15-19-11(8-25-15)9-26-17-21-20-16(18)22(17)12-4-5-12/h3,6-8,12H,4-5,9H2,1-2H3,(H2,18,20). The normalized spacial score (nSPS) is 13.8. The molecule has 2 aromatic heterocycles. The zero-order valence-corrected chi connectivity index (χ0v) is 16.1. The molecule has 1 fully saturated rings. The van der Waals surface area contributed by atoms with Gasteiger partial charge in [0.1, 0.15) is 5.01 Å². The van der Waals surface area contributed by atoms with Gasteiger partial charge in [-0.25, -0.2) is 4.98 Å². The highest BCUT2D eigenvalue weighted by Gasteiger charge is 2.28. The first-order valence-corrected chi connectivity index (χ1v) is 10.1. The molecule has 136 valence electrons. The maximum Gasteiger partial charge on any atom is 0.222 e. The minimum Gasteiger partial charge on any atom is -0.493 e. The summed E-state index contributed by atoms with van der Waals surface area (Å²) in [5.41, 5.74) is 7.94. The van der Waals surface area contributed by atoms with Gasteiger partial charge in [0, 0.05) is 22.7 Å². The summed E-state index contributed by atoms with van der Waals surface area (Å²) in [6, 6.07) is 6.29. The van der Waals surface area contributed by atoms with E-state index in [1.165, 1.54) is 0 Å². The van der Waals surface area contributed by atoms with Crippen LogP contribution in [0.3, 0.4) is 0 Å². The Morgan fingerprint density at radius 3 is 2.77 bits per heavy atom. The van der Waals surface area contributed by atoms with E-state index < -0.39 is 0 Å². The SMILES string of the molecule is COc1ccc(-c2nc(CSc3nnc(N)n3C3CC3)cs2)cc1OC. The van der Waals surface area contributed by atoms with Crippen molar-refractivity contribution in [2.45, 2.75) is 29.8 Å². The lowest BCUT2D eigenvalue weighted by Gasteiger charge is -2.08. The number of aromatic nitrogens is 4. The lowest BCUT2D eigenvalue weighted by Crippen LogP contribution is -2.02. The second-order valence-electron chi connectivity index (χ2n) is 5.94. The molecule has 2 N–H and O–H groups in total. The monoisotopic (exact) mass is 389 g/mol. The van der Waals surface area contributed by atoms with Crippen molar-refractivity contribution in [3.05, 3.63) is 29.3 Å². The van der Waals surface area contributed by atoms with Gasteiger partial charge >= 0.3 is 0 Å². The molecule has 1 aliphatic carbocycles. The van der Waals surface area contributed by atoms with Crippen LogP contribution in [0.4, 0.5) is 5.95 Å². The van der Waals surface area contributed by atoms with Crippen molar-refractivity contribution >= 4 is 29.0 Å². The Hall–Kier alpha value is -2.26. The van der Waals surface area contributed by atoms with Crippen LogP contribution >= 0.6 is 23.1 Å². The number of thiazole rings is 1. The van der Waals surface area contributed by atoms with Gasteiger partial charge in [-0.3, -0.25) is 4.57 Å². The number of nitrogens with zero attached hydrogens (tertiary/aromatic N) is 4. The summed E-state index contributed by atoms with van der Waals surface area (Å²) in [5, 5.41) is 12.1. The molecule has 1 aliphatic rings. The molecule has 0 atom stereocenters. The number of hydrogen-bond acceptors (Lipinski definition) is 8. The summed E-state index contributed by atoms with van der Waals surface area (Å²) in [5.74, 6) is 2.64. The molecule has 0 spiro atoms. The Bertz CT molecular complexity index is 920. The smallest absolute Gasteiger partial charge is 0.222 e. The van der Waals surface area contributed by atoms with Crippen LogP contribution in [0, 0.1) is 0 Å². The molecular weight excluding hydrogens is 370 g/mol. The number of nitrogens with two attached hydrogens (primary N) is 1. The highest BCUT2D eigenvalue weighted by atomic mass is 32.2. The van der Waals surface area contributed by atoms with Gasteiger partial charge in [0.05, 0.1) is 19.9 Å². The molecule has 0 amide bonds. The van der Waals surface area contributed by atoms with E-state index in [-0.39, 0.29) is 0 Å². The van der Waals surface area contributed by atoms with Crippen LogP contribution in [-0.4, -0.2) is 34.0 Å². The van der Waals surface area contributed by atoms with Crippen molar-refractivity contribution in [2.75, 3.05) is 20.0 Å². The van der Waals surface area contributed by atoms with Crippen molar-refractivity contribution < 1.29 is 9.47 Å². The van der Waals surface area contributed by atoms with Gasteiger partial charge < -0.3 is 15.2 Å². The van der Waals surface area contributed by atoms with E-state index >= 15 is 0 Å². The minimum absolute atomic E-state index is 0.463. The number of hydrogen-bond donors (Lipinski definition) is 1. The average Bonchev–Trinajstić information content (AvgIpc) is 3.26. The molecule has 0 unspecified atom stereocenters. The predicted molar refractivity (Wildman–Crippen MR) is 103 cm³/mol. The lowest BCUT2D eigenvalue weighted by atomic mass is 10.2. The first kappa shape index (κ1) is 17.2. The largest absolute Gasteiger partial charge is 0.493 e. The third-order valence-corrected chi connectivity index (χ3v) is 6.05. The molecule has 7 nitrogen and oxygen atoms in total. The van der Waals surface area contributed by atoms with Gasteiger partial charge in [-0.1, -0.05) is 11.8 Å². The van der Waals surface area contributed by atoms with Crippen LogP contribution in [0.15, 0.2) is 28.7 Å². The molecule has 2 heterocycles. The summed E-state index contributed by atoms with van der Waals surface area (Å²) in [6.45, 7) is 0. The summed E-state index contributed by atoms with van der Waals surface area (Å²) in [7, 11) is 3.26. The van der Waals surface area contributed by atoms with Crippen LogP contribution in [0.1, 0.15) is 24.6 Å². The number of rotatable bonds is 7. The van der Waals surface area contributed by atoms with Crippen molar-refractivity contribution in [3.63, 3.8) is 0 Å². The first-order chi connectivity index (χ1) is 12.7. The molecule has 3 aromatic rings. The number of nitrogen functional groups attached to an aromatic ring is 1. The molecule has 4 rings (SSSR count). The molecule has 1 saturated carbocycles. The molecule has 1 aromatic carbocycles. The average molecular weight is 390 g/mol. The van der Waals surface area contributed by atoms with Gasteiger partial charge in [0.25, 0.3) is 0 Å². The summed E-state index contributed by atoms with van der Waals surface area (Å²) in [6.07, 6.45) is 2.30. The molecule has 0 bridgehead atoms. The maximum absolute atomic E-state index is 5.92. The van der Waals surface area contributed by atoms with Crippen molar-refractivity contribution in [2.24, 2.45) is 0 Å². The molecule has 0 saturated heterocycles. The zero-order chi connectivity index (χ0) is 18.1. The highest BCUT2D eigenvalue weighted by Crippen LogP contribution is 2.40. The summed E-state index contributed by atoms with van der Waals surface area (Å²) in [4.78, 5) is 4.74. The number of ether oxygens (including phenoxy) is 2. The fraction of sp³-hybridized carbons (Fsp3) is 0.353. The Labute approximate surface area is 159 Å². The molecular formula is C17H19N5O2S2. The Morgan fingerprint density at radius 1 is 1.23 bits per heavy atom. The molecule has 26 heavy (non-hydrogen) atoms. The van der Waals surface area contributed by atoms with Crippen molar-refractivity contribution in [3.8, 4) is 22.1 Å². The van der Waals surface area contributed by atoms with Gasteiger partial charge in [0.2, 0.25) is 5.95 Å². The van der Waals surface area contributed by atoms with Crippen molar-refractivity contribution in [1.82, 2.24) is 19.7 Å². The Morgan fingerprint density at radius 2 is 2.04 bits per heavy atom. The minimum atomic E-state index is 0.463. The van der Waals surface area contributed by atoms with Gasteiger partial charge in [0.15, 0.2) is 16.7 Å². The summed E-state index contributed by atoms with van der Waals surface area (Å²) < 4.78 is 12.7. The summed E-state index contributed by atoms with van der Waals surface area (Å²) >= 11 is 3.23. The van der Waals surface area contributed by atoms with E-state index in [1.54, 1.807) is 37.3 Å². The number of anilines is 1. The van der Waals surface area contributed by atoms with Crippen LogP contribution < -0.4 is 15.2 Å². The zero-order valence-electron chi connectivity index (χ0n) is 14.5.